The number of nitrogens with two attached hydrogens (primary N) is 1. The van der Waals surface area contributed by atoms with Crippen molar-refractivity contribution in [1.29, 1.82) is 0 Å². The number of phenols is 1. The summed E-state index contributed by atoms with van der Waals surface area (Å²) in [5.41, 5.74) is 11.0. The van der Waals surface area contributed by atoms with Gasteiger partial charge < -0.3 is 50.4 Å². The predicted octanol–water partition coefficient (Wildman–Crippen LogP) is 11.9. The van der Waals surface area contributed by atoms with Gasteiger partial charge in [0.1, 0.15) is 23.9 Å². The number of non-ortho nitro benzene ring substituents is 1. The highest BCUT2D eigenvalue weighted by Gasteiger charge is 2.41. The number of carbonyl (C=O) groups is 3. The molecule has 1 atom stereocenters. The van der Waals surface area contributed by atoms with Crippen LogP contribution in [0.1, 0.15) is 100 Å². The van der Waals surface area contributed by atoms with Crippen molar-refractivity contribution in [1.82, 2.24) is 15.6 Å². The van der Waals surface area contributed by atoms with Gasteiger partial charge in [-0.25, -0.2) is 9.59 Å². The van der Waals surface area contributed by atoms with E-state index in [0.717, 1.165) is 27.8 Å². The average Bonchev–Trinajstić information content (AvgIpc) is 3.37. The van der Waals surface area contributed by atoms with E-state index in [0.29, 0.717) is 95.9 Å². The quantitative estimate of drug-likeness (QED) is 0.0237. The maximum Gasteiger partial charge on any atom is 0.409 e. The molecule has 1 saturated carbocycles. The van der Waals surface area contributed by atoms with E-state index in [2.05, 4.69) is 61.7 Å². The lowest BCUT2D eigenvalue weighted by Crippen LogP contribution is -2.43. The molecule has 1 aliphatic carbocycles. The van der Waals surface area contributed by atoms with Gasteiger partial charge >= 0.3 is 12.2 Å². The number of phenolic OH excluding ortho intramolecular Hbond substituents is 1. The minimum absolute atomic E-state index is 0.0326. The molecule has 402 valence electrons. The number of hydrogen-bond donors (Lipinski definition) is 6. The number of anilines is 1. The number of nitro groups is 1. The van der Waals surface area contributed by atoms with Crippen LogP contribution in [0.4, 0.5) is 21.0 Å². The van der Waals surface area contributed by atoms with Gasteiger partial charge in [0.2, 0.25) is 11.5 Å². The van der Waals surface area contributed by atoms with Gasteiger partial charge in [0.25, 0.3) is 5.69 Å². The standard InChI is InChI=1S/C57H67ClN6O11Si/c1-56(2,3)76(6,7)75-48(42-22-24-46(65)52-43(42)23-25-50(67)63-52)33-60-32-38-30-44(58)45(31-47(38)72-5)62-49(66)15-11-14-37-18-21-41(36-12-9-8-10-13-36)53(74-54(59)68)51(37)57(4)28-26-39(27-29-57)61-55(69)73-34-35-16-19-40(20-17-35)64(70)71/h8-10,12-13,16-25,30-31,39,48,60,65H,11,14-15,26-29,32-34H2,1-7H3,(H2,59,68)(H,61,69)(H,62,66)(H,63,67)/t39?,48-,57?/m0/s1. The van der Waals surface area contributed by atoms with E-state index < -0.39 is 36.9 Å². The second-order valence-corrected chi connectivity index (χ2v) is 26.2. The number of aromatic hydroxyl groups is 1. The van der Waals surface area contributed by atoms with E-state index in [4.69, 9.17) is 36.0 Å². The van der Waals surface area contributed by atoms with Gasteiger partial charge in [0.05, 0.1) is 34.4 Å². The van der Waals surface area contributed by atoms with Crippen molar-refractivity contribution in [2.45, 2.75) is 121 Å². The number of pyridine rings is 1. The number of fused-ring (bicyclic) bond motifs is 1. The van der Waals surface area contributed by atoms with Crippen molar-refractivity contribution < 1.29 is 43.1 Å². The summed E-state index contributed by atoms with van der Waals surface area (Å²) in [7, 11) is -0.791. The molecule has 1 heterocycles. The number of nitrogens with one attached hydrogen (secondary N) is 4. The van der Waals surface area contributed by atoms with E-state index in [-0.39, 0.29) is 47.0 Å². The Labute approximate surface area is 448 Å². The number of ether oxygens (including phenoxy) is 3. The normalized spacial score (nSPS) is 16.1. The maximum absolute atomic E-state index is 13.7. The Kier molecular flexibility index (Phi) is 18.0. The number of aromatic amines is 1. The molecule has 0 spiro atoms. The van der Waals surface area contributed by atoms with Crippen molar-refractivity contribution in [3.05, 3.63) is 156 Å². The first-order valence-electron chi connectivity index (χ1n) is 25.3. The summed E-state index contributed by atoms with van der Waals surface area (Å²) in [6, 6.07) is 29.1. The van der Waals surface area contributed by atoms with Crippen LogP contribution in [-0.2, 0) is 38.9 Å². The lowest BCUT2D eigenvalue weighted by molar-refractivity contribution is -0.384. The first kappa shape index (κ1) is 56.5. The monoisotopic (exact) mass is 1070 g/mol. The van der Waals surface area contributed by atoms with Crippen LogP contribution >= 0.6 is 11.6 Å². The zero-order valence-electron chi connectivity index (χ0n) is 44.0. The Balaban J connectivity index is 1.03. The molecule has 19 heteroatoms. The third-order valence-electron chi connectivity index (χ3n) is 14.7. The lowest BCUT2D eigenvalue weighted by Gasteiger charge is -2.40. The number of aryl methyl sites for hydroxylation is 1. The van der Waals surface area contributed by atoms with Crippen molar-refractivity contribution in [2.24, 2.45) is 5.73 Å². The molecule has 0 radical (unpaired) electrons. The highest BCUT2D eigenvalue weighted by Crippen LogP contribution is 2.49. The number of nitro benzene ring substituents is 1. The summed E-state index contributed by atoms with van der Waals surface area (Å²) in [5.74, 6) is 0.562. The van der Waals surface area contributed by atoms with E-state index >= 15 is 0 Å². The molecular weight excluding hydrogens is 1010 g/mol. The molecular formula is C57H67ClN6O11Si. The Hall–Kier alpha value is -7.25. The van der Waals surface area contributed by atoms with E-state index in [1.807, 2.05) is 48.5 Å². The Bertz CT molecular complexity index is 3140. The summed E-state index contributed by atoms with van der Waals surface area (Å²) in [5, 5.41) is 32.0. The molecule has 6 aromatic rings. The molecule has 0 bridgehead atoms. The van der Waals surface area contributed by atoms with Gasteiger partial charge in [0.15, 0.2) is 8.32 Å². The van der Waals surface area contributed by atoms with Gasteiger partial charge in [-0.15, -0.1) is 0 Å². The number of methoxy groups -OCH3 is 1. The van der Waals surface area contributed by atoms with Crippen LogP contribution in [0.2, 0.25) is 23.2 Å². The summed E-state index contributed by atoms with van der Waals surface area (Å²) >= 11 is 6.87. The zero-order chi connectivity index (χ0) is 55.0. The highest BCUT2D eigenvalue weighted by atomic mass is 35.5. The number of amides is 3. The van der Waals surface area contributed by atoms with E-state index in [1.165, 1.54) is 18.2 Å². The third-order valence-corrected chi connectivity index (χ3v) is 19.5. The van der Waals surface area contributed by atoms with Gasteiger partial charge in [-0.3, -0.25) is 19.7 Å². The molecule has 3 amide bonds. The number of aromatic nitrogens is 1. The minimum atomic E-state index is -2.34. The molecule has 0 saturated heterocycles. The van der Waals surface area contributed by atoms with Crippen LogP contribution in [0.5, 0.6) is 17.2 Å². The van der Waals surface area contributed by atoms with Crippen molar-refractivity contribution in [3.63, 3.8) is 0 Å². The molecule has 1 aromatic heterocycles. The largest absolute Gasteiger partial charge is 0.506 e. The fourth-order valence-corrected chi connectivity index (χ4v) is 11.1. The minimum Gasteiger partial charge on any atom is -0.506 e. The topological polar surface area (TPSA) is 246 Å². The van der Waals surface area contributed by atoms with Crippen LogP contribution in [-0.4, -0.2) is 61.1 Å². The highest BCUT2D eigenvalue weighted by molar-refractivity contribution is 6.74. The molecule has 7 N–H and O–H groups in total. The van der Waals surface area contributed by atoms with Gasteiger partial charge in [-0.1, -0.05) is 87.8 Å². The summed E-state index contributed by atoms with van der Waals surface area (Å²) < 4.78 is 24.2. The Morgan fingerprint density at radius 3 is 2.34 bits per heavy atom. The average molecular weight is 1080 g/mol. The fraction of sp³-hybridized carbons (Fsp3) is 0.368. The number of halogens is 1. The fourth-order valence-electron chi connectivity index (χ4n) is 9.56. The predicted molar refractivity (Wildman–Crippen MR) is 297 cm³/mol. The molecule has 7 rings (SSSR count). The molecule has 76 heavy (non-hydrogen) atoms. The van der Waals surface area contributed by atoms with Crippen LogP contribution in [0.3, 0.4) is 0 Å². The summed E-state index contributed by atoms with van der Waals surface area (Å²) in [4.78, 5) is 64.8. The Morgan fingerprint density at radius 2 is 1.68 bits per heavy atom. The molecule has 0 aliphatic heterocycles. The van der Waals surface area contributed by atoms with Crippen molar-refractivity contribution in [2.75, 3.05) is 19.0 Å². The molecule has 17 nitrogen and oxygen atoms in total. The number of carbonyl (C=O) groups excluding carboxylic acids is 3. The summed E-state index contributed by atoms with van der Waals surface area (Å²) in [6.07, 6.45) is 1.41. The van der Waals surface area contributed by atoms with Gasteiger partial charge in [-0.05, 0) is 115 Å². The van der Waals surface area contributed by atoms with Crippen LogP contribution < -0.4 is 36.7 Å². The number of hydrogen-bond acceptors (Lipinski definition) is 12. The van der Waals surface area contributed by atoms with Gasteiger partial charge in [0, 0.05) is 71.9 Å². The van der Waals surface area contributed by atoms with Gasteiger partial charge in [-0.2, -0.15) is 0 Å². The van der Waals surface area contributed by atoms with Crippen molar-refractivity contribution in [3.8, 4) is 28.4 Å². The van der Waals surface area contributed by atoms with Crippen LogP contribution in [0, 0.1) is 10.1 Å². The number of benzene rings is 5. The maximum atomic E-state index is 13.7. The lowest BCUT2D eigenvalue weighted by atomic mass is 9.67. The first-order valence-corrected chi connectivity index (χ1v) is 28.6. The Morgan fingerprint density at radius 1 is 0.974 bits per heavy atom. The van der Waals surface area contributed by atoms with E-state index in [9.17, 15) is 34.4 Å². The number of H-pyrrole nitrogens is 1. The number of rotatable bonds is 20. The second-order valence-electron chi connectivity index (χ2n) is 21.1. The van der Waals surface area contributed by atoms with Crippen LogP contribution in [0.25, 0.3) is 22.0 Å². The molecule has 1 fully saturated rings. The van der Waals surface area contributed by atoms with Crippen LogP contribution in [0.15, 0.2) is 108 Å². The molecule has 1 aliphatic rings. The third kappa shape index (κ3) is 13.8. The number of alkyl carbamates (subject to hydrolysis) is 1. The smallest absolute Gasteiger partial charge is 0.409 e. The number of primary amides is 1. The van der Waals surface area contributed by atoms with E-state index in [1.54, 1.807) is 43.5 Å². The molecule has 0 unspecified atom stereocenters. The second kappa shape index (κ2) is 24.2. The SMILES string of the molecule is COc1cc(NC(=O)CCCc2ccc(-c3ccccc3)c(OC(N)=O)c2C2(C)CCC(NC(=O)OCc3ccc([N+](=O)[O-])cc3)CC2)c(Cl)cc1CNC[C@H](O[Si](C)(C)C(C)(C)C)c1ccc(O)c2[nH]c(=O)ccc12. The zero-order valence-corrected chi connectivity index (χ0v) is 45.7. The van der Waals surface area contributed by atoms with Crippen molar-refractivity contribution >= 4 is 60.3 Å². The molecule has 5 aromatic carbocycles. The summed E-state index contributed by atoms with van der Waals surface area (Å²) in [6.45, 7) is 13.6. The first-order chi connectivity index (χ1) is 36.0. The number of nitrogens with zero attached hydrogens (tertiary/aromatic N) is 1.